The molecule has 18 heavy (non-hydrogen) atoms. The molecule has 1 aliphatic carbocycles. The fourth-order valence-corrected chi connectivity index (χ4v) is 3.10. The summed E-state index contributed by atoms with van der Waals surface area (Å²) >= 11 is 0. The molecule has 0 heterocycles. The summed E-state index contributed by atoms with van der Waals surface area (Å²) < 4.78 is 0. The Labute approximate surface area is 111 Å². The summed E-state index contributed by atoms with van der Waals surface area (Å²) in [5.74, 6) is 0. The molecule has 1 fully saturated rings. The SMILES string of the molecule is CCN(Cc1ccccc1CCN)C1CCCC1. The third-order valence-corrected chi connectivity index (χ3v) is 4.15. The fraction of sp³-hybridized carbons (Fsp3) is 0.625. The van der Waals surface area contributed by atoms with E-state index >= 15 is 0 Å². The van der Waals surface area contributed by atoms with Crippen LogP contribution in [-0.2, 0) is 13.0 Å². The Morgan fingerprint density at radius 3 is 2.44 bits per heavy atom. The van der Waals surface area contributed by atoms with Crippen molar-refractivity contribution in [2.24, 2.45) is 5.73 Å². The minimum atomic E-state index is 0.743. The number of hydrogen-bond donors (Lipinski definition) is 1. The van der Waals surface area contributed by atoms with Crippen LogP contribution in [-0.4, -0.2) is 24.0 Å². The Bertz CT molecular complexity index is 356. The van der Waals surface area contributed by atoms with Gasteiger partial charge in [-0.25, -0.2) is 0 Å². The molecule has 1 saturated carbocycles. The Morgan fingerprint density at radius 2 is 1.83 bits per heavy atom. The maximum absolute atomic E-state index is 5.70. The zero-order chi connectivity index (χ0) is 12.8. The van der Waals surface area contributed by atoms with Crippen molar-refractivity contribution in [1.82, 2.24) is 4.90 Å². The summed E-state index contributed by atoms with van der Waals surface area (Å²) in [6.45, 7) is 5.27. The first-order valence-corrected chi connectivity index (χ1v) is 7.36. The lowest BCUT2D eigenvalue weighted by atomic mass is 10.0. The predicted octanol–water partition coefficient (Wildman–Crippen LogP) is 2.95. The van der Waals surface area contributed by atoms with E-state index in [2.05, 4.69) is 36.1 Å². The van der Waals surface area contributed by atoms with E-state index in [4.69, 9.17) is 5.73 Å². The van der Waals surface area contributed by atoms with E-state index in [-0.39, 0.29) is 0 Å². The Balaban J connectivity index is 2.06. The Morgan fingerprint density at radius 1 is 1.17 bits per heavy atom. The maximum atomic E-state index is 5.70. The van der Waals surface area contributed by atoms with Crippen molar-refractivity contribution in [2.45, 2.75) is 51.6 Å². The molecule has 0 aromatic heterocycles. The third kappa shape index (κ3) is 3.33. The van der Waals surface area contributed by atoms with Crippen LogP contribution in [0.15, 0.2) is 24.3 Å². The summed E-state index contributed by atoms with van der Waals surface area (Å²) in [7, 11) is 0. The first-order valence-electron chi connectivity index (χ1n) is 7.36. The molecule has 1 aliphatic rings. The summed E-state index contributed by atoms with van der Waals surface area (Å²) in [5.41, 5.74) is 8.60. The average Bonchev–Trinajstić information content (AvgIpc) is 2.92. The molecule has 0 amide bonds. The molecular formula is C16H26N2. The van der Waals surface area contributed by atoms with Crippen LogP contribution in [0.3, 0.4) is 0 Å². The lowest BCUT2D eigenvalue weighted by Gasteiger charge is -2.28. The summed E-state index contributed by atoms with van der Waals surface area (Å²) in [6.07, 6.45) is 6.58. The highest BCUT2D eigenvalue weighted by Crippen LogP contribution is 2.25. The van der Waals surface area contributed by atoms with Crippen molar-refractivity contribution in [3.63, 3.8) is 0 Å². The smallest absolute Gasteiger partial charge is 0.0239 e. The van der Waals surface area contributed by atoms with Crippen molar-refractivity contribution in [1.29, 1.82) is 0 Å². The molecule has 2 N–H and O–H groups in total. The van der Waals surface area contributed by atoms with E-state index in [0.717, 1.165) is 32.1 Å². The molecule has 2 heteroatoms. The van der Waals surface area contributed by atoms with Crippen molar-refractivity contribution in [2.75, 3.05) is 13.1 Å². The molecule has 2 nitrogen and oxygen atoms in total. The number of rotatable bonds is 6. The molecule has 0 atom stereocenters. The lowest BCUT2D eigenvalue weighted by Crippen LogP contribution is -2.32. The monoisotopic (exact) mass is 246 g/mol. The molecule has 100 valence electrons. The lowest BCUT2D eigenvalue weighted by molar-refractivity contribution is 0.200. The molecule has 0 aliphatic heterocycles. The van der Waals surface area contributed by atoms with E-state index < -0.39 is 0 Å². The van der Waals surface area contributed by atoms with Crippen LogP contribution >= 0.6 is 0 Å². The van der Waals surface area contributed by atoms with Crippen LogP contribution in [0.4, 0.5) is 0 Å². The third-order valence-electron chi connectivity index (χ3n) is 4.15. The van der Waals surface area contributed by atoms with Crippen LogP contribution in [0.2, 0.25) is 0 Å². The van der Waals surface area contributed by atoms with Crippen LogP contribution in [0.5, 0.6) is 0 Å². The van der Waals surface area contributed by atoms with E-state index in [0.29, 0.717) is 0 Å². The quantitative estimate of drug-likeness (QED) is 0.836. The topological polar surface area (TPSA) is 29.3 Å². The molecule has 1 aromatic carbocycles. The fourth-order valence-electron chi connectivity index (χ4n) is 3.10. The van der Waals surface area contributed by atoms with Crippen molar-refractivity contribution in [3.8, 4) is 0 Å². The van der Waals surface area contributed by atoms with Crippen LogP contribution in [0, 0.1) is 0 Å². The van der Waals surface area contributed by atoms with Crippen LogP contribution in [0.25, 0.3) is 0 Å². The largest absolute Gasteiger partial charge is 0.330 e. The van der Waals surface area contributed by atoms with Gasteiger partial charge in [-0.1, -0.05) is 44.0 Å². The van der Waals surface area contributed by atoms with Gasteiger partial charge in [0.05, 0.1) is 0 Å². The van der Waals surface area contributed by atoms with E-state index in [1.165, 1.54) is 36.8 Å². The molecular weight excluding hydrogens is 220 g/mol. The molecule has 0 spiro atoms. The molecule has 0 saturated heterocycles. The van der Waals surface area contributed by atoms with Gasteiger partial charge in [0.25, 0.3) is 0 Å². The van der Waals surface area contributed by atoms with Gasteiger partial charge < -0.3 is 5.73 Å². The minimum Gasteiger partial charge on any atom is -0.330 e. The van der Waals surface area contributed by atoms with Crippen molar-refractivity contribution in [3.05, 3.63) is 35.4 Å². The molecule has 2 rings (SSSR count). The number of nitrogens with two attached hydrogens (primary N) is 1. The zero-order valence-electron chi connectivity index (χ0n) is 11.6. The Kier molecular flexibility index (Phi) is 5.21. The minimum absolute atomic E-state index is 0.743. The first-order chi connectivity index (χ1) is 8.85. The average molecular weight is 246 g/mol. The van der Waals surface area contributed by atoms with Crippen molar-refractivity contribution >= 4 is 0 Å². The molecule has 1 aromatic rings. The van der Waals surface area contributed by atoms with E-state index in [1.54, 1.807) is 0 Å². The van der Waals surface area contributed by atoms with Crippen molar-refractivity contribution < 1.29 is 0 Å². The highest BCUT2D eigenvalue weighted by molar-refractivity contribution is 5.27. The highest BCUT2D eigenvalue weighted by atomic mass is 15.1. The zero-order valence-corrected chi connectivity index (χ0v) is 11.6. The number of hydrogen-bond acceptors (Lipinski definition) is 2. The van der Waals surface area contributed by atoms with Gasteiger partial charge in [-0.2, -0.15) is 0 Å². The Hall–Kier alpha value is -0.860. The van der Waals surface area contributed by atoms with Crippen LogP contribution < -0.4 is 5.73 Å². The van der Waals surface area contributed by atoms with E-state index in [9.17, 15) is 0 Å². The second-order valence-electron chi connectivity index (χ2n) is 5.31. The van der Waals surface area contributed by atoms with Gasteiger partial charge in [-0.15, -0.1) is 0 Å². The standard InChI is InChI=1S/C16H26N2/c1-2-18(16-9-5-6-10-16)13-15-8-4-3-7-14(15)11-12-17/h3-4,7-8,16H,2,5-6,9-13,17H2,1H3. The number of nitrogens with zero attached hydrogens (tertiary/aromatic N) is 1. The summed E-state index contributed by atoms with van der Waals surface area (Å²) in [4.78, 5) is 2.64. The normalized spacial score (nSPS) is 16.6. The van der Waals surface area contributed by atoms with Gasteiger partial charge in [0.15, 0.2) is 0 Å². The number of benzene rings is 1. The molecule has 0 unspecified atom stereocenters. The van der Waals surface area contributed by atoms with Gasteiger partial charge in [-0.3, -0.25) is 4.90 Å². The second-order valence-corrected chi connectivity index (χ2v) is 5.31. The van der Waals surface area contributed by atoms with Crippen LogP contribution in [0.1, 0.15) is 43.7 Å². The molecule has 0 radical (unpaired) electrons. The summed E-state index contributed by atoms with van der Waals surface area (Å²) in [5, 5.41) is 0. The predicted molar refractivity (Wildman–Crippen MR) is 77.5 cm³/mol. The maximum Gasteiger partial charge on any atom is 0.0239 e. The highest BCUT2D eigenvalue weighted by Gasteiger charge is 2.21. The van der Waals surface area contributed by atoms with E-state index in [1.807, 2.05) is 0 Å². The first kappa shape index (κ1) is 13.6. The summed E-state index contributed by atoms with van der Waals surface area (Å²) in [6, 6.07) is 9.58. The van der Waals surface area contributed by atoms with Gasteiger partial charge in [0.1, 0.15) is 0 Å². The van der Waals surface area contributed by atoms with Gasteiger partial charge >= 0.3 is 0 Å². The molecule has 0 bridgehead atoms. The van der Waals surface area contributed by atoms with Gasteiger partial charge in [0, 0.05) is 12.6 Å². The van der Waals surface area contributed by atoms with Gasteiger partial charge in [-0.05, 0) is 43.5 Å². The second kappa shape index (κ2) is 6.91. The van der Waals surface area contributed by atoms with Gasteiger partial charge in [0.2, 0.25) is 0 Å².